The molecule has 0 saturated heterocycles. The number of esters is 1. The average Bonchev–Trinajstić information content (AvgIpc) is 2.26. The monoisotopic (exact) mass is 205 g/mol. The Labute approximate surface area is 89.5 Å². The molecule has 15 heavy (non-hydrogen) atoms. The molecule has 0 amide bonds. The number of nitrogens with zero attached hydrogens (tertiary/aromatic N) is 1. The fraction of sp³-hybridized carbons (Fsp3) is 0.500. The van der Waals surface area contributed by atoms with Gasteiger partial charge in [0.25, 0.3) is 0 Å². The minimum absolute atomic E-state index is 0.237. The molecule has 0 fully saturated rings. The van der Waals surface area contributed by atoms with E-state index in [4.69, 9.17) is 4.74 Å². The maximum Gasteiger partial charge on any atom is 0.338 e. The maximum absolute atomic E-state index is 11.6. The highest BCUT2D eigenvalue weighted by Gasteiger charge is 2.19. The van der Waals surface area contributed by atoms with Crippen molar-refractivity contribution in [3.63, 3.8) is 0 Å². The van der Waals surface area contributed by atoms with Crippen LogP contribution < -0.4 is 0 Å². The first-order chi connectivity index (χ1) is 7.22. The first-order valence-corrected chi connectivity index (χ1v) is 5.30. The summed E-state index contributed by atoms with van der Waals surface area (Å²) in [6.07, 6.45) is 4.25. The molecule has 0 N–H and O–H groups in total. The molecule has 0 aromatic carbocycles. The Morgan fingerprint density at radius 3 is 2.87 bits per heavy atom. The minimum Gasteiger partial charge on any atom is -0.465 e. The van der Waals surface area contributed by atoms with Gasteiger partial charge in [0.2, 0.25) is 0 Å². The van der Waals surface area contributed by atoms with Crippen LogP contribution in [0.3, 0.4) is 0 Å². The van der Waals surface area contributed by atoms with Gasteiger partial charge in [0.1, 0.15) is 0 Å². The van der Waals surface area contributed by atoms with Crippen molar-refractivity contribution in [2.45, 2.75) is 32.6 Å². The Bertz CT molecular complexity index is 399. The van der Waals surface area contributed by atoms with Crippen LogP contribution in [0.1, 0.15) is 40.2 Å². The van der Waals surface area contributed by atoms with E-state index in [9.17, 15) is 4.79 Å². The van der Waals surface area contributed by atoms with Crippen molar-refractivity contribution in [3.05, 3.63) is 28.6 Å². The average molecular weight is 205 g/mol. The van der Waals surface area contributed by atoms with E-state index in [2.05, 4.69) is 4.98 Å². The number of hydrogen-bond donors (Lipinski definition) is 0. The van der Waals surface area contributed by atoms with Gasteiger partial charge in [-0.3, -0.25) is 4.98 Å². The fourth-order valence-corrected chi connectivity index (χ4v) is 2.14. The molecule has 0 aliphatic heterocycles. The molecule has 1 aliphatic carbocycles. The van der Waals surface area contributed by atoms with Crippen LogP contribution in [0.15, 0.2) is 6.07 Å². The number of fused-ring (bicyclic) bond motifs is 1. The standard InChI is InChI=1S/C12H15NO2/c1-8-7-10(12(14)15-2)9-5-3-4-6-11(9)13-8/h7H,3-6H2,1-2H3. The van der Waals surface area contributed by atoms with Crippen LogP contribution in [0.2, 0.25) is 0 Å². The van der Waals surface area contributed by atoms with Gasteiger partial charge in [0.15, 0.2) is 0 Å². The van der Waals surface area contributed by atoms with Crippen LogP contribution in [-0.4, -0.2) is 18.1 Å². The largest absolute Gasteiger partial charge is 0.465 e. The third kappa shape index (κ3) is 1.87. The molecular weight excluding hydrogens is 190 g/mol. The fourth-order valence-electron chi connectivity index (χ4n) is 2.14. The molecule has 0 atom stereocenters. The highest BCUT2D eigenvalue weighted by atomic mass is 16.5. The molecular formula is C12H15NO2. The van der Waals surface area contributed by atoms with Gasteiger partial charge < -0.3 is 4.74 Å². The van der Waals surface area contributed by atoms with Crippen LogP contribution in [0.4, 0.5) is 0 Å². The number of hydrogen-bond acceptors (Lipinski definition) is 3. The van der Waals surface area contributed by atoms with Gasteiger partial charge in [-0.1, -0.05) is 0 Å². The quantitative estimate of drug-likeness (QED) is 0.659. The van der Waals surface area contributed by atoms with Crippen LogP contribution in [0.5, 0.6) is 0 Å². The molecule has 0 radical (unpaired) electrons. The van der Waals surface area contributed by atoms with Gasteiger partial charge in [-0.05, 0) is 44.2 Å². The number of aryl methyl sites for hydroxylation is 2. The van der Waals surface area contributed by atoms with Crippen LogP contribution >= 0.6 is 0 Å². The molecule has 1 aliphatic rings. The van der Waals surface area contributed by atoms with Crippen molar-refractivity contribution in [2.24, 2.45) is 0 Å². The predicted molar refractivity (Wildman–Crippen MR) is 57.0 cm³/mol. The number of rotatable bonds is 1. The third-order valence-electron chi connectivity index (χ3n) is 2.83. The van der Waals surface area contributed by atoms with Gasteiger partial charge in [0, 0.05) is 11.4 Å². The highest BCUT2D eigenvalue weighted by molar-refractivity contribution is 5.91. The normalized spacial score (nSPS) is 14.5. The van der Waals surface area contributed by atoms with Crippen LogP contribution in [0.25, 0.3) is 0 Å². The Balaban J connectivity index is 2.52. The predicted octanol–water partition coefficient (Wildman–Crippen LogP) is 2.06. The second kappa shape index (κ2) is 4.01. The van der Waals surface area contributed by atoms with E-state index in [0.29, 0.717) is 5.56 Å². The molecule has 80 valence electrons. The molecule has 1 aromatic heterocycles. The lowest BCUT2D eigenvalue weighted by atomic mass is 9.92. The zero-order chi connectivity index (χ0) is 10.8. The number of ether oxygens (including phenoxy) is 1. The van der Waals surface area contributed by atoms with Gasteiger partial charge in [0.05, 0.1) is 12.7 Å². The summed E-state index contributed by atoms with van der Waals surface area (Å²) in [5.41, 5.74) is 3.79. The third-order valence-corrected chi connectivity index (χ3v) is 2.83. The number of carbonyl (C=O) groups excluding carboxylic acids is 1. The molecule has 0 spiro atoms. The Morgan fingerprint density at radius 1 is 1.40 bits per heavy atom. The number of methoxy groups -OCH3 is 1. The SMILES string of the molecule is COC(=O)c1cc(C)nc2c1CCCC2. The van der Waals surface area contributed by atoms with Crippen LogP contribution in [0, 0.1) is 6.92 Å². The van der Waals surface area contributed by atoms with Crippen LogP contribution in [-0.2, 0) is 17.6 Å². The highest BCUT2D eigenvalue weighted by Crippen LogP contribution is 2.24. The molecule has 1 aromatic rings. The van der Waals surface area contributed by atoms with E-state index in [0.717, 1.165) is 36.2 Å². The second-order valence-electron chi connectivity index (χ2n) is 3.94. The smallest absolute Gasteiger partial charge is 0.338 e. The molecule has 0 saturated carbocycles. The summed E-state index contributed by atoms with van der Waals surface area (Å²) in [5, 5.41) is 0. The zero-order valence-electron chi connectivity index (χ0n) is 9.17. The summed E-state index contributed by atoms with van der Waals surface area (Å²) in [7, 11) is 1.42. The summed E-state index contributed by atoms with van der Waals surface area (Å²) in [5.74, 6) is -0.237. The molecule has 3 nitrogen and oxygen atoms in total. The van der Waals surface area contributed by atoms with E-state index in [1.54, 1.807) is 0 Å². The number of aromatic nitrogens is 1. The topological polar surface area (TPSA) is 39.2 Å². The van der Waals surface area contributed by atoms with Crippen molar-refractivity contribution < 1.29 is 9.53 Å². The van der Waals surface area contributed by atoms with E-state index in [-0.39, 0.29) is 5.97 Å². The second-order valence-corrected chi connectivity index (χ2v) is 3.94. The lowest BCUT2D eigenvalue weighted by Crippen LogP contribution is -2.14. The van der Waals surface area contributed by atoms with Gasteiger partial charge in [-0.15, -0.1) is 0 Å². The molecule has 2 rings (SSSR count). The lowest BCUT2D eigenvalue weighted by molar-refractivity contribution is 0.0598. The molecule has 1 heterocycles. The Morgan fingerprint density at radius 2 is 2.13 bits per heavy atom. The Hall–Kier alpha value is -1.38. The zero-order valence-corrected chi connectivity index (χ0v) is 9.17. The van der Waals surface area contributed by atoms with E-state index >= 15 is 0 Å². The number of pyridine rings is 1. The summed E-state index contributed by atoms with van der Waals surface area (Å²) in [6.45, 7) is 1.92. The molecule has 3 heteroatoms. The Kier molecular flexibility index (Phi) is 2.71. The van der Waals surface area contributed by atoms with Crippen molar-refractivity contribution in [1.82, 2.24) is 4.98 Å². The summed E-state index contributed by atoms with van der Waals surface area (Å²) < 4.78 is 4.79. The van der Waals surface area contributed by atoms with E-state index in [1.165, 1.54) is 13.5 Å². The summed E-state index contributed by atoms with van der Waals surface area (Å²) in [6, 6.07) is 1.83. The van der Waals surface area contributed by atoms with Crippen molar-refractivity contribution in [2.75, 3.05) is 7.11 Å². The summed E-state index contributed by atoms with van der Waals surface area (Å²) in [4.78, 5) is 16.1. The maximum atomic E-state index is 11.6. The molecule has 0 unspecified atom stereocenters. The minimum atomic E-state index is -0.237. The molecule has 0 bridgehead atoms. The van der Waals surface area contributed by atoms with E-state index < -0.39 is 0 Å². The van der Waals surface area contributed by atoms with Gasteiger partial charge >= 0.3 is 5.97 Å². The van der Waals surface area contributed by atoms with Crippen molar-refractivity contribution >= 4 is 5.97 Å². The summed E-state index contributed by atoms with van der Waals surface area (Å²) >= 11 is 0. The van der Waals surface area contributed by atoms with Gasteiger partial charge in [-0.25, -0.2) is 4.79 Å². The first-order valence-electron chi connectivity index (χ1n) is 5.30. The lowest BCUT2D eigenvalue weighted by Gasteiger charge is -2.18. The van der Waals surface area contributed by atoms with Gasteiger partial charge in [-0.2, -0.15) is 0 Å². The first kappa shape index (κ1) is 10.1. The van der Waals surface area contributed by atoms with E-state index in [1.807, 2.05) is 13.0 Å². The van der Waals surface area contributed by atoms with Crippen molar-refractivity contribution in [3.8, 4) is 0 Å². The van der Waals surface area contributed by atoms with Crippen molar-refractivity contribution in [1.29, 1.82) is 0 Å². The number of carbonyl (C=O) groups is 1.